The first kappa shape index (κ1) is 46.9. The van der Waals surface area contributed by atoms with Crippen molar-refractivity contribution in [3.63, 3.8) is 0 Å². The highest BCUT2D eigenvalue weighted by Gasteiger charge is 2.29. The third kappa shape index (κ3) is 12.6. The molecule has 65 heavy (non-hydrogen) atoms. The molecule has 1 saturated heterocycles. The number of alkyl halides is 3. The van der Waals surface area contributed by atoms with Gasteiger partial charge in [0.25, 0.3) is 0 Å². The fourth-order valence-corrected chi connectivity index (χ4v) is 8.59. The molecule has 3 aromatic heterocycles. The third-order valence-corrected chi connectivity index (χ3v) is 12.3. The van der Waals surface area contributed by atoms with Crippen molar-refractivity contribution in [2.45, 2.75) is 44.6 Å². The lowest BCUT2D eigenvalue weighted by atomic mass is 10.0. The third-order valence-electron chi connectivity index (χ3n) is 10.8. The second-order valence-corrected chi connectivity index (χ2v) is 16.8. The van der Waals surface area contributed by atoms with Gasteiger partial charge in [-0.2, -0.15) is 18.2 Å². The topological polar surface area (TPSA) is 143 Å². The molecule has 13 nitrogen and oxygen atoms in total. The number of aromatic nitrogens is 4. The van der Waals surface area contributed by atoms with E-state index in [1.165, 1.54) is 42.1 Å². The van der Waals surface area contributed by atoms with E-state index in [-0.39, 0.29) is 66.7 Å². The quantitative estimate of drug-likeness (QED) is 0.106. The van der Waals surface area contributed by atoms with Crippen molar-refractivity contribution in [2.24, 2.45) is 0 Å². The number of fused-ring (bicyclic) bond motifs is 2. The summed E-state index contributed by atoms with van der Waals surface area (Å²) in [6.07, 6.45) is 4.84. The van der Waals surface area contributed by atoms with Gasteiger partial charge in [0.15, 0.2) is 0 Å². The zero-order valence-electron chi connectivity index (χ0n) is 35.2. The van der Waals surface area contributed by atoms with Crippen LogP contribution in [0.5, 0.6) is 17.6 Å². The number of aliphatic carboxylic acids is 1. The smallest absolute Gasteiger partial charge is 0.392 e. The molecule has 5 heterocycles. The van der Waals surface area contributed by atoms with Gasteiger partial charge < -0.3 is 29.1 Å². The molecule has 1 atom stereocenters. The highest BCUT2D eigenvalue weighted by Crippen LogP contribution is 2.42. The van der Waals surface area contributed by atoms with Gasteiger partial charge in [0.1, 0.15) is 35.9 Å². The molecule has 5 aromatic rings. The molecular weight excluding hydrogens is 890 g/mol. The van der Waals surface area contributed by atoms with Crippen LogP contribution in [0.1, 0.15) is 28.8 Å². The van der Waals surface area contributed by atoms with Gasteiger partial charge >= 0.3 is 18.2 Å². The minimum atomic E-state index is -4.42. The number of terminal acetylenes is 1. The van der Waals surface area contributed by atoms with Gasteiger partial charge in [0.2, 0.25) is 17.9 Å². The lowest BCUT2D eigenvalue weighted by Crippen LogP contribution is -2.48. The van der Waals surface area contributed by atoms with E-state index in [1.807, 2.05) is 6.08 Å². The summed E-state index contributed by atoms with van der Waals surface area (Å²) in [5.74, 6) is 0.784. The molecule has 1 amide bonds. The summed E-state index contributed by atoms with van der Waals surface area (Å²) in [6, 6.07) is 12.2. The molecule has 19 heteroatoms. The van der Waals surface area contributed by atoms with E-state index in [4.69, 9.17) is 32.2 Å². The number of carboxylic acids is 1. The number of thiophene rings is 1. The number of nitrogens with zero attached hydrogens (tertiary/aromatic N) is 7. The van der Waals surface area contributed by atoms with Gasteiger partial charge in [-0.1, -0.05) is 53.9 Å². The zero-order chi connectivity index (χ0) is 46.1. The molecule has 340 valence electrons. The van der Waals surface area contributed by atoms with Gasteiger partial charge in [-0.05, 0) is 65.6 Å². The molecule has 0 saturated carbocycles. The zero-order valence-corrected chi connectivity index (χ0v) is 36.8. The molecule has 0 spiro atoms. The molecule has 2 aliphatic rings. The number of ether oxygens (including phenoxy) is 3. The molecule has 2 aliphatic heterocycles. The Bertz CT molecular complexity index is 2610. The van der Waals surface area contributed by atoms with E-state index in [1.54, 1.807) is 41.3 Å². The van der Waals surface area contributed by atoms with Crippen molar-refractivity contribution in [3.05, 3.63) is 112 Å². The minimum Gasteiger partial charge on any atom is -0.487 e. The number of halogens is 5. The summed E-state index contributed by atoms with van der Waals surface area (Å²) >= 11 is 8.01. The van der Waals surface area contributed by atoms with Crippen LogP contribution in [0, 0.1) is 18.2 Å². The maximum atomic E-state index is 14.4. The van der Waals surface area contributed by atoms with Crippen LogP contribution < -0.4 is 14.2 Å². The fourth-order valence-electron chi connectivity index (χ4n) is 7.30. The Kier molecular flexibility index (Phi) is 15.3. The standard InChI is InChI=1S/C46H44ClF4N7O6S/c1-3-36(47)31-5-4-6-35-40-42(53-28-54-43(40)65-41(35)30-8-10-33(48)11-9-30)64-38(44(60)61)25-32-23-29(24-39(59)58(26-31)21-20-57-18-16-56(2)17-19-57)7-12-37(32)63-27-34-13-15-52-45(55-34)62-22-14-46(49,50)51/h1,4-5,7-13,15,23,28,38H,6,14,16-22,24-27H2,2H3,(H,60,61)/b5-4-,36-31-/t38-/m1/s1. The van der Waals surface area contributed by atoms with Gasteiger partial charge in [0.05, 0.1) is 29.0 Å². The molecule has 0 unspecified atom stereocenters. The van der Waals surface area contributed by atoms with Crippen LogP contribution in [-0.4, -0.2) is 123 Å². The number of carbonyl (C=O) groups is 2. The van der Waals surface area contributed by atoms with Crippen molar-refractivity contribution < 1.29 is 46.5 Å². The number of hydrogen-bond donors (Lipinski definition) is 1. The predicted octanol–water partition coefficient (Wildman–Crippen LogP) is 7.13. The lowest BCUT2D eigenvalue weighted by Gasteiger charge is -2.34. The van der Waals surface area contributed by atoms with E-state index in [0.717, 1.165) is 31.1 Å². The Hall–Kier alpha value is -6.13. The monoisotopic (exact) mass is 933 g/mol. The van der Waals surface area contributed by atoms with E-state index in [9.17, 15) is 32.3 Å². The maximum absolute atomic E-state index is 14.4. The first-order valence-corrected chi connectivity index (χ1v) is 21.8. The molecule has 0 aliphatic carbocycles. The van der Waals surface area contributed by atoms with Crippen LogP contribution in [0.3, 0.4) is 0 Å². The van der Waals surface area contributed by atoms with Crippen LogP contribution in [0.15, 0.2) is 83.8 Å². The molecule has 2 bridgehead atoms. The summed E-state index contributed by atoms with van der Waals surface area (Å²) in [5.41, 5.74) is 3.07. The van der Waals surface area contributed by atoms with Crippen LogP contribution >= 0.6 is 22.9 Å². The number of likely N-dealkylation sites (N-methyl/N-ethyl adjacent to an activating group) is 1. The normalized spacial score (nSPS) is 18.1. The van der Waals surface area contributed by atoms with E-state index in [0.29, 0.717) is 51.1 Å². The molecule has 1 fully saturated rings. The summed E-state index contributed by atoms with van der Waals surface area (Å²) in [4.78, 5) is 52.0. The highest BCUT2D eigenvalue weighted by molar-refractivity contribution is 7.22. The minimum absolute atomic E-state index is 0.0000659. The second-order valence-electron chi connectivity index (χ2n) is 15.4. The Labute approximate surface area is 381 Å². The van der Waals surface area contributed by atoms with Gasteiger partial charge in [0, 0.05) is 63.3 Å². The summed E-state index contributed by atoms with van der Waals surface area (Å²) in [6.45, 7) is 3.63. The maximum Gasteiger partial charge on any atom is 0.392 e. The van der Waals surface area contributed by atoms with Crippen molar-refractivity contribution in [2.75, 3.05) is 59.5 Å². The Morgan fingerprint density at radius 1 is 1.06 bits per heavy atom. The Morgan fingerprint density at radius 2 is 1.85 bits per heavy atom. The van der Waals surface area contributed by atoms with Crippen molar-refractivity contribution in [1.29, 1.82) is 0 Å². The van der Waals surface area contributed by atoms with Crippen molar-refractivity contribution in [1.82, 2.24) is 34.6 Å². The second kappa shape index (κ2) is 21.2. The van der Waals surface area contributed by atoms with Crippen molar-refractivity contribution in [3.8, 4) is 40.4 Å². The van der Waals surface area contributed by atoms with Gasteiger partial charge in [-0.25, -0.2) is 24.1 Å². The van der Waals surface area contributed by atoms with Gasteiger partial charge in [-0.15, -0.1) is 17.8 Å². The van der Waals surface area contributed by atoms with E-state index in [2.05, 4.69) is 42.7 Å². The van der Waals surface area contributed by atoms with Gasteiger partial charge in [-0.3, -0.25) is 9.69 Å². The average molecular weight is 934 g/mol. The molecule has 1 N–H and O–H groups in total. The fraction of sp³-hybridized carbons (Fsp3) is 0.348. The van der Waals surface area contributed by atoms with Crippen LogP contribution in [0.2, 0.25) is 0 Å². The molecule has 2 aromatic carbocycles. The number of carboxylic acid groups (broad SMARTS) is 1. The number of carbonyl (C=O) groups excluding carboxylic acids is 1. The number of amides is 1. The lowest BCUT2D eigenvalue weighted by molar-refractivity contribution is -0.145. The largest absolute Gasteiger partial charge is 0.487 e. The van der Waals surface area contributed by atoms with Crippen LogP contribution in [0.25, 0.3) is 20.7 Å². The highest BCUT2D eigenvalue weighted by atomic mass is 35.5. The van der Waals surface area contributed by atoms with Crippen molar-refractivity contribution >= 4 is 45.0 Å². The average Bonchev–Trinajstić information content (AvgIpc) is 3.65. The molecular formula is C46H44ClF4N7O6S. The Morgan fingerprint density at radius 3 is 2.58 bits per heavy atom. The SMILES string of the molecule is C#C/C(Cl)=C1\C=C/Cc2c(-c3ccc(F)cc3)sc3ncnc(c23)O[C@@H](C(=O)O)Cc2cc(ccc2OCc2ccnc(OCCC(F)(F)F)n2)CC(=O)N(CCN2CCN(C)CC2)C1. The van der Waals surface area contributed by atoms with Crippen LogP contribution in [-0.2, 0) is 35.5 Å². The summed E-state index contributed by atoms with van der Waals surface area (Å²) < 4.78 is 69.9. The van der Waals surface area contributed by atoms with E-state index >= 15 is 0 Å². The van der Waals surface area contributed by atoms with E-state index < -0.39 is 37.1 Å². The number of allylic oxidation sites excluding steroid dienone is 2. The number of rotatable bonds is 11. The first-order chi connectivity index (χ1) is 31.2. The Balaban J connectivity index is 1.29. The predicted molar refractivity (Wildman–Crippen MR) is 236 cm³/mol. The molecule has 0 radical (unpaired) electrons. The molecule has 7 rings (SSSR count). The first-order valence-electron chi connectivity index (χ1n) is 20.6. The number of benzene rings is 2. The summed E-state index contributed by atoms with van der Waals surface area (Å²) in [5, 5.41) is 11.2. The number of hydrogen-bond acceptors (Lipinski definition) is 12. The number of piperazine rings is 1. The summed E-state index contributed by atoms with van der Waals surface area (Å²) in [7, 11) is 2.07. The van der Waals surface area contributed by atoms with Crippen LogP contribution in [0.4, 0.5) is 17.6 Å².